The van der Waals surface area contributed by atoms with Gasteiger partial charge in [0.05, 0.1) is 18.8 Å². The Balaban J connectivity index is 1.50. The number of amides is 3. The van der Waals surface area contributed by atoms with Crippen LogP contribution >= 0.6 is 0 Å². The number of rotatable bonds is 6. The Morgan fingerprint density at radius 2 is 1.92 bits per heavy atom. The molecule has 0 spiro atoms. The van der Waals surface area contributed by atoms with E-state index in [1.165, 1.54) is 4.90 Å². The maximum Gasteiger partial charge on any atom is 0.327 e. The van der Waals surface area contributed by atoms with Crippen molar-refractivity contribution >= 4 is 11.9 Å². The van der Waals surface area contributed by atoms with Crippen LogP contribution in [0.1, 0.15) is 33.1 Å². The molecule has 3 rings (SSSR count). The van der Waals surface area contributed by atoms with Crippen LogP contribution in [-0.4, -0.2) is 90.8 Å². The van der Waals surface area contributed by atoms with Crippen LogP contribution in [0.3, 0.4) is 0 Å². The Labute approximate surface area is 143 Å². The quantitative estimate of drug-likeness (QED) is 0.674. The summed E-state index contributed by atoms with van der Waals surface area (Å²) in [5, 5.41) is 0. The van der Waals surface area contributed by atoms with Gasteiger partial charge in [0.2, 0.25) is 0 Å². The Morgan fingerprint density at radius 1 is 1.21 bits per heavy atom. The average molecular weight is 339 g/mol. The van der Waals surface area contributed by atoms with Gasteiger partial charge in [-0.3, -0.25) is 9.69 Å². The van der Waals surface area contributed by atoms with E-state index in [2.05, 4.69) is 4.90 Å². The smallest absolute Gasteiger partial charge is 0.327 e. The summed E-state index contributed by atoms with van der Waals surface area (Å²) in [7, 11) is 1.64. The second-order valence-electron chi connectivity index (χ2n) is 7.24. The number of likely N-dealkylation sites (tertiary alicyclic amines) is 1. The summed E-state index contributed by atoms with van der Waals surface area (Å²) in [4.78, 5) is 30.9. The molecular formula is C17H29N3O4. The molecule has 7 nitrogen and oxygen atoms in total. The van der Waals surface area contributed by atoms with Crippen LogP contribution < -0.4 is 0 Å². The zero-order valence-corrected chi connectivity index (χ0v) is 14.9. The van der Waals surface area contributed by atoms with Gasteiger partial charge in [-0.25, -0.2) is 4.79 Å². The van der Waals surface area contributed by atoms with Crippen molar-refractivity contribution in [2.75, 3.05) is 39.9 Å². The van der Waals surface area contributed by atoms with E-state index >= 15 is 0 Å². The first kappa shape index (κ1) is 17.6. The molecule has 3 aliphatic rings. The molecule has 24 heavy (non-hydrogen) atoms. The first-order valence-electron chi connectivity index (χ1n) is 9.01. The summed E-state index contributed by atoms with van der Waals surface area (Å²) < 4.78 is 10.9. The molecule has 0 aromatic heterocycles. The van der Waals surface area contributed by atoms with E-state index in [9.17, 15) is 9.59 Å². The van der Waals surface area contributed by atoms with E-state index in [-0.39, 0.29) is 36.2 Å². The largest absolute Gasteiger partial charge is 0.380 e. The van der Waals surface area contributed by atoms with E-state index < -0.39 is 0 Å². The van der Waals surface area contributed by atoms with E-state index in [1.807, 2.05) is 13.8 Å². The first-order valence-corrected chi connectivity index (χ1v) is 9.01. The third-order valence-electron chi connectivity index (χ3n) is 5.35. The number of ether oxygens (including phenoxy) is 2. The number of urea groups is 1. The summed E-state index contributed by atoms with van der Waals surface area (Å²) in [5.74, 6) is -0.0267. The van der Waals surface area contributed by atoms with Crippen molar-refractivity contribution in [1.29, 1.82) is 0 Å². The molecule has 0 aromatic carbocycles. The topological polar surface area (TPSA) is 62.3 Å². The van der Waals surface area contributed by atoms with Crippen LogP contribution in [0, 0.1) is 0 Å². The number of carbonyl (C=O) groups is 2. The summed E-state index contributed by atoms with van der Waals surface area (Å²) in [6.45, 7) is 8.08. The van der Waals surface area contributed by atoms with Crippen LogP contribution in [0.15, 0.2) is 0 Å². The SMILES string of the molecule is CO[C@@H]1C[C@@H]2C(=O)N(C3CCN(CCOC(C)C)CC3)C(=O)N2C1. The van der Waals surface area contributed by atoms with Gasteiger partial charge in [-0.2, -0.15) is 0 Å². The van der Waals surface area contributed by atoms with Crippen LogP contribution in [0.4, 0.5) is 4.79 Å². The van der Waals surface area contributed by atoms with Gasteiger partial charge in [0.15, 0.2) is 0 Å². The highest BCUT2D eigenvalue weighted by molar-refractivity contribution is 6.05. The van der Waals surface area contributed by atoms with Crippen molar-refractivity contribution in [3.63, 3.8) is 0 Å². The maximum absolute atomic E-state index is 12.7. The summed E-state index contributed by atoms with van der Waals surface area (Å²) in [5.41, 5.74) is 0. The maximum atomic E-state index is 12.7. The molecule has 0 radical (unpaired) electrons. The molecule has 3 amide bonds. The molecule has 0 saturated carbocycles. The van der Waals surface area contributed by atoms with Gasteiger partial charge in [0.25, 0.3) is 5.91 Å². The van der Waals surface area contributed by atoms with Gasteiger partial charge < -0.3 is 19.3 Å². The van der Waals surface area contributed by atoms with Gasteiger partial charge in [0, 0.05) is 45.8 Å². The predicted molar refractivity (Wildman–Crippen MR) is 88.7 cm³/mol. The summed E-state index contributed by atoms with van der Waals surface area (Å²) in [6, 6.07) is -0.384. The number of piperidine rings is 1. The lowest BCUT2D eigenvalue weighted by Gasteiger charge is -2.35. The van der Waals surface area contributed by atoms with E-state index in [1.54, 1.807) is 12.0 Å². The lowest BCUT2D eigenvalue weighted by molar-refractivity contribution is -0.130. The molecule has 0 unspecified atom stereocenters. The Morgan fingerprint density at radius 3 is 2.50 bits per heavy atom. The normalized spacial score (nSPS) is 29.2. The van der Waals surface area contributed by atoms with Gasteiger partial charge in [-0.1, -0.05) is 0 Å². The van der Waals surface area contributed by atoms with Gasteiger partial charge in [-0.05, 0) is 26.7 Å². The number of imide groups is 1. The predicted octanol–water partition coefficient (Wildman–Crippen LogP) is 0.927. The number of fused-ring (bicyclic) bond motifs is 1. The van der Waals surface area contributed by atoms with Crippen molar-refractivity contribution in [3.05, 3.63) is 0 Å². The second-order valence-corrected chi connectivity index (χ2v) is 7.24. The van der Waals surface area contributed by atoms with Crippen molar-refractivity contribution in [1.82, 2.24) is 14.7 Å². The first-order chi connectivity index (χ1) is 11.5. The fourth-order valence-corrected chi connectivity index (χ4v) is 3.96. The van der Waals surface area contributed by atoms with Crippen LogP contribution in [0.5, 0.6) is 0 Å². The molecule has 3 saturated heterocycles. The molecule has 3 heterocycles. The minimum atomic E-state index is -0.306. The molecule has 0 aromatic rings. The van der Waals surface area contributed by atoms with Gasteiger partial charge >= 0.3 is 6.03 Å². The molecule has 7 heteroatoms. The van der Waals surface area contributed by atoms with Crippen LogP contribution in [0.2, 0.25) is 0 Å². The Kier molecular flexibility index (Phi) is 5.42. The van der Waals surface area contributed by atoms with Gasteiger partial charge in [0.1, 0.15) is 6.04 Å². The zero-order chi connectivity index (χ0) is 17.3. The molecule has 0 N–H and O–H groups in total. The molecular weight excluding hydrogens is 310 g/mol. The van der Waals surface area contributed by atoms with Crippen molar-refractivity contribution in [2.24, 2.45) is 0 Å². The lowest BCUT2D eigenvalue weighted by Crippen LogP contribution is -2.49. The minimum absolute atomic E-state index is 0.00662. The van der Waals surface area contributed by atoms with E-state index in [4.69, 9.17) is 9.47 Å². The molecule has 3 fully saturated rings. The third kappa shape index (κ3) is 3.43. The summed E-state index contributed by atoms with van der Waals surface area (Å²) in [6.07, 6.45) is 2.59. The summed E-state index contributed by atoms with van der Waals surface area (Å²) >= 11 is 0. The number of methoxy groups -OCH3 is 1. The molecule has 2 atom stereocenters. The molecule has 0 bridgehead atoms. The zero-order valence-electron chi connectivity index (χ0n) is 14.9. The third-order valence-corrected chi connectivity index (χ3v) is 5.35. The van der Waals surface area contributed by atoms with Crippen LogP contribution in [-0.2, 0) is 14.3 Å². The Bertz CT molecular complexity index is 452. The minimum Gasteiger partial charge on any atom is -0.380 e. The highest BCUT2D eigenvalue weighted by Crippen LogP contribution is 2.32. The monoisotopic (exact) mass is 339 g/mol. The number of hydrogen-bond donors (Lipinski definition) is 0. The van der Waals surface area contributed by atoms with Crippen molar-refractivity contribution in [2.45, 2.75) is 57.4 Å². The fourth-order valence-electron chi connectivity index (χ4n) is 3.96. The van der Waals surface area contributed by atoms with E-state index in [0.29, 0.717) is 13.0 Å². The number of hydrogen-bond acceptors (Lipinski definition) is 5. The number of carbonyl (C=O) groups excluding carboxylic acids is 2. The van der Waals surface area contributed by atoms with Crippen LogP contribution in [0.25, 0.3) is 0 Å². The molecule has 3 aliphatic heterocycles. The molecule has 136 valence electrons. The Hall–Kier alpha value is -1.18. The van der Waals surface area contributed by atoms with E-state index in [0.717, 1.165) is 39.1 Å². The molecule has 0 aliphatic carbocycles. The van der Waals surface area contributed by atoms with Crippen molar-refractivity contribution < 1.29 is 19.1 Å². The standard InChI is InChI=1S/C17H29N3O4/c1-12(2)24-9-8-18-6-4-13(5-7-18)20-16(21)15-10-14(23-3)11-19(15)17(20)22/h12-15H,4-11H2,1-3H3/t14-,15-/m1/s1. The lowest BCUT2D eigenvalue weighted by atomic mass is 10.0. The average Bonchev–Trinajstić information content (AvgIpc) is 3.08. The fraction of sp³-hybridized carbons (Fsp3) is 0.882. The van der Waals surface area contributed by atoms with Gasteiger partial charge in [-0.15, -0.1) is 0 Å². The highest BCUT2D eigenvalue weighted by atomic mass is 16.5. The van der Waals surface area contributed by atoms with Crippen molar-refractivity contribution in [3.8, 4) is 0 Å². The number of nitrogens with zero attached hydrogens (tertiary/aromatic N) is 3. The second kappa shape index (κ2) is 7.37. The highest BCUT2D eigenvalue weighted by Gasteiger charge is 2.52.